The Morgan fingerprint density at radius 3 is 2.36 bits per heavy atom. The zero-order valence-electron chi connectivity index (χ0n) is 15.5. The van der Waals surface area contributed by atoms with Gasteiger partial charge in [0.25, 0.3) is 0 Å². The van der Waals surface area contributed by atoms with Gasteiger partial charge in [-0.05, 0) is 53.6 Å². The Kier molecular flexibility index (Phi) is 5.64. The predicted molar refractivity (Wildman–Crippen MR) is 103 cm³/mol. The lowest BCUT2D eigenvalue weighted by Crippen LogP contribution is -2.16. The van der Waals surface area contributed by atoms with Crippen LogP contribution in [0.1, 0.15) is 44.7 Å². The van der Waals surface area contributed by atoms with Gasteiger partial charge in [0.2, 0.25) is 0 Å². The fourth-order valence-electron chi connectivity index (χ4n) is 2.96. The summed E-state index contributed by atoms with van der Waals surface area (Å²) in [5.41, 5.74) is 3.95. The van der Waals surface area contributed by atoms with E-state index in [-0.39, 0.29) is 11.5 Å². The number of anilines is 1. The van der Waals surface area contributed by atoms with Gasteiger partial charge in [0.05, 0.1) is 6.10 Å². The Morgan fingerprint density at radius 2 is 1.76 bits per heavy atom. The number of rotatable bonds is 6. The summed E-state index contributed by atoms with van der Waals surface area (Å²) in [6.07, 6.45) is 2.51. The van der Waals surface area contributed by atoms with E-state index in [0.717, 1.165) is 37.4 Å². The Balaban J connectivity index is 1.48. The third-order valence-electron chi connectivity index (χ3n) is 4.63. The highest BCUT2D eigenvalue weighted by atomic mass is 16.5. The molecule has 25 heavy (non-hydrogen) atoms. The second kappa shape index (κ2) is 7.92. The standard InChI is InChI=1S/C22H29NO2/c1-22(2,3)18-8-6-17(7-9-18)15-23-19-10-12-20(13-11-19)25-16-21-5-4-14-24-21/h6-13,21,23H,4-5,14-16H2,1-3H3/t21-/m1/s1. The molecule has 3 heteroatoms. The molecule has 0 unspecified atom stereocenters. The first kappa shape index (κ1) is 17.8. The van der Waals surface area contributed by atoms with Gasteiger partial charge in [0.1, 0.15) is 12.4 Å². The number of nitrogens with one attached hydrogen (secondary N) is 1. The van der Waals surface area contributed by atoms with Crippen LogP contribution in [0, 0.1) is 0 Å². The molecule has 3 nitrogen and oxygen atoms in total. The number of benzene rings is 2. The Hall–Kier alpha value is -2.00. The molecule has 1 aliphatic heterocycles. The lowest BCUT2D eigenvalue weighted by Gasteiger charge is -2.19. The number of hydrogen-bond donors (Lipinski definition) is 1. The molecule has 0 bridgehead atoms. The summed E-state index contributed by atoms with van der Waals surface area (Å²) in [7, 11) is 0. The maximum atomic E-state index is 5.80. The highest BCUT2D eigenvalue weighted by Crippen LogP contribution is 2.23. The van der Waals surface area contributed by atoms with Crippen molar-refractivity contribution >= 4 is 5.69 Å². The molecule has 2 aromatic rings. The first-order valence-electron chi connectivity index (χ1n) is 9.18. The molecule has 2 aromatic carbocycles. The van der Waals surface area contributed by atoms with Gasteiger partial charge in [0, 0.05) is 18.8 Å². The average molecular weight is 339 g/mol. The minimum absolute atomic E-state index is 0.200. The summed E-state index contributed by atoms with van der Waals surface area (Å²) in [6, 6.07) is 17.0. The Bertz CT molecular complexity index is 650. The second-order valence-electron chi connectivity index (χ2n) is 7.77. The molecular formula is C22H29NO2. The monoisotopic (exact) mass is 339 g/mol. The smallest absolute Gasteiger partial charge is 0.119 e. The van der Waals surface area contributed by atoms with Crippen LogP contribution in [0.25, 0.3) is 0 Å². The van der Waals surface area contributed by atoms with Gasteiger partial charge in [-0.3, -0.25) is 0 Å². The number of hydrogen-bond acceptors (Lipinski definition) is 3. The number of ether oxygens (including phenoxy) is 2. The van der Waals surface area contributed by atoms with E-state index < -0.39 is 0 Å². The fraction of sp³-hybridized carbons (Fsp3) is 0.455. The van der Waals surface area contributed by atoms with E-state index in [1.54, 1.807) is 0 Å². The zero-order valence-corrected chi connectivity index (χ0v) is 15.5. The van der Waals surface area contributed by atoms with Crippen LogP contribution in [-0.4, -0.2) is 19.3 Å². The minimum Gasteiger partial charge on any atom is -0.491 e. The van der Waals surface area contributed by atoms with Crippen LogP contribution in [0.5, 0.6) is 5.75 Å². The first-order valence-corrected chi connectivity index (χ1v) is 9.18. The largest absolute Gasteiger partial charge is 0.491 e. The van der Waals surface area contributed by atoms with E-state index in [0.29, 0.717) is 6.61 Å². The molecule has 1 atom stereocenters. The molecule has 1 fully saturated rings. The summed E-state index contributed by atoms with van der Waals surface area (Å²) in [5, 5.41) is 3.46. The lowest BCUT2D eigenvalue weighted by molar-refractivity contribution is 0.0679. The van der Waals surface area contributed by atoms with E-state index in [1.807, 2.05) is 12.1 Å². The maximum absolute atomic E-state index is 5.80. The molecule has 134 valence electrons. The van der Waals surface area contributed by atoms with Crippen molar-refractivity contribution in [2.24, 2.45) is 0 Å². The van der Waals surface area contributed by atoms with Gasteiger partial charge in [-0.15, -0.1) is 0 Å². The zero-order chi connectivity index (χ0) is 17.7. The summed E-state index contributed by atoms with van der Waals surface area (Å²) in [4.78, 5) is 0. The molecule has 0 radical (unpaired) electrons. The van der Waals surface area contributed by atoms with Crippen LogP contribution < -0.4 is 10.1 Å². The molecule has 1 saturated heterocycles. The van der Waals surface area contributed by atoms with Crippen LogP contribution >= 0.6 is 0 Å². The van der Waals surface area contributed by atoms with Crippen LogP contribution in [0.15, 0.2) is 48.5 Å². The molecule has 1 heterocycles. The van der Waals surface area contributed by atoms with Gasteiger partial charge < -0.3 is 14.8 Å². The van der Waals surface area contributed by atoms with Gasteiger partial charge in [0.15, 0.2) is 0 Å². The molecule has 0 aromatic heterocycles. The Labute approximate surface area is 151 Å². The van der Waals surface area contributed by atoms with E-state index in [2.05, 4.69) is 62.5 Å². The third kappa shape index (κ3) is 5.23. The van der Waals surface area contributed by atoms with Gasteiger partial charge in [-0.25, -0.2) is 0 Å². The maximum Gasteiger partial charge on any atom is 0.119 e. The minimum atomic E-state index is 0.200. The molecule has 0 spiro atoms. The van der Waals surface area contributed by atoms with E-state index in [4.69, 9.17) is 9.47 Å². The normalized spacial score (nSPS) is 17.5. The van der Waals surface area contributed by atoms with Crippen molar-refractivity contribution in [1.82, 2.24) is 0 Å². The summed E-state index contributed by atoms with van der Waals surface area (Å²) in [5.74, 6) is 0.899. The highest BCUT2D eigenvalue weighted by Gasteiger charge is 2.16. The summed E-state index contributed by atoms with van der Waals surface area (Å²) in [6.45, 7) is 9.05. The van der Waals surface area contributed by atoms with Crippen molar-refractivity contribution in [3.8, 4) is 5.75 Å². The van der Waals surface area contributed by atoms with Crippen LogP contribution in [0.4, 0.5) is 5.69 Å². The highest BCUT2D eigenvalue weighted by molar-refractivity contribution is 5.47. The Morgan fingerprint density at radius 1 is 1.04 bits per heavy atom. The summed E-state index contributed by atoms with van der Waals surface area (Å²) < 4.78 is 11.4. The van der Waals surface area contributed by atoms with Crippen LogP contribution in [0.2, 0.25) is 0 Å². The van der Waals surface area contributed by atoms with Crippen molar-refractivity contribution in [3.63, 3.8) is 0 Å². The second-order valence-corrected chi connectivity index (χ2v) is 7.77. The van der Waals surface area contributed by atoms with E-state index in [1.165, 1.54) is 11.1 Å². The van der Waals surface area contributed by atoms with Crippen molar-refractivity contribution in [2.45, 2.75) is 51.7 Å². The lowest BCUT2D eigenvalue weighted by atomic mass is 9.87. The topological polar surface area (TPSA) is 30.5 Å². The molecule has 0 amide bonds. The van der Waals surface area contributed by atoms with Crippen molar-refractivity contribution in [1.29, 1.82) is 0 Å². The molecule has 1 N–H and O–H groups in total. The molecule has 3 rings (SSSR count). The summed E-state index contributed by atoms with van der Waals surface area (Å²) >= 11 is 0. The van der Waals surface area contributed by atoms with Crippen LogP contribution in [-0.2, 0) is 16.7 Å². The van der Waals surface area contributed by atoms with E-state index in [9.17, 15) is 0 Å². The van der Waals surface area contributed by atoms with Crippen molar-refractivity contribution < 1.29 is 9.47 Å². The molecular weight excluding hydrogens is 310 g/mol. The molecule has 1 aliphatic rings. The van der Waals surface area contributed by atoms with E-state index >= 15 is 0 Å². The SMILES string of the molecule is CC(C)(C)c1ccc(CNc2ccc(OC[C@H]3CCCO3)cc2)cc1. The molecule has 0 aliphatic carbocycles. The quantitative estimate of drug-likeness (QED) is 0.789. The van der Waals surface area contributed by atoms with Crippen molar-refractivity contribution in [2.75, 3.05) is 18.5 Å². The third-order valence-corrected chi connectivity index (χ3v) is 4.63. The van der Waals surface area contributed by atoms with Gasteiger partial charge in [-0.1, -0.05) is 45.0 Å². The van der Waals surface area contributed by atoms with Gasteiger partial charge in [-0.2, -0.15) is 0 Å². The first-order chi connectivity index (χ1) is 12.0. The predicted octanol–water partition coefficient (Wildman–Crippen LogP) is 5.15. The molecule has 0 saturated carbocycles. The van der Waals surface area contributed by atoms with Crippen molar-refractivity contribution in [3.05, 3.63) is 59.7 Å². The van der Waals surface area contributed by atoms with Crippen LogP contribution in [0.3, 0.4) is 0 Å². The van der Waals surface area contributed by atoms with Gasteiger partial charge >= 0.3 is 0 Å². The fourth-order valence-corrected chi connectivity index (χ4v) is 2.96. The average Bonchev–Trinajstić information content (AvgIpc) is 3.12.